The number of rotatable bonds is 3. The predicted octanol–water partition coefficient (Wildman–Crippen LogP) is -0.659. The molecule has 1 atom stereocenters. The number of carbonyl (C=O) groups excluding carboxylic acids is 2. The minimum atomic E-state index is -1.29. The Balaban J connectivity index is 2.03. The summed E-state index contributed by atoms with van der Waals surface area (Å²) in [5.74, 6) is -1.21. The fraction of sp³-hybridized carbons (Fsp3) is 0.200. The second kappa shape index (κ2) is 5.50. The maximum atomic E-state index is 11.2. The van der Waals surface area contributed by atoms with Crippen molar-refractivity contribution in [1.29, 1.82) is 0 Å². The lowest BCUT2D eigenvalue weighted by atomic mass is 10.3. The zero-order valence-electron chi connectivity index (χ0n) is 9.03. The summed E-state index contributed by atoms with van der Waals surface area (Å²) in [5.41, 5.74) is 0. The molecule has 94 valence electrons. The van der Waals surface area contributed by atoms with Crippen LogP contribution in [-0.4, -0.2) is 28.5 Å². The number of carbonyl (C=O) groups is 2. The Kier molecular flexibility index (Phi) is 3.78. The lowest BCUT2D eigenvalue weighted by Crippen LogP contribution is -2.44. The van der Waals surface area contributed by atoms with E-state index in [2.05, 4.69) is 15.5 Å². The maximum absolute atomic E-state index is 11.2. The van der Waals surface area contributed by atoms with Crippen molar-refractivity contribution in [3.8, 4) is 0 Å². The van der Waals surface area contributed by atoms with E-state index in [1.54, 1.807) is 12.1 Å². The number of carboxylic acid groups (broad SMARTS) is 1. The summed E-state index contributed by atoms with van der Waals surface area (Å²) in [5, 5.41) is 19.7. The van der Waals surface area contributed by atoms with Crippen LogP contribution < -0.4 is 10.4 Å². The number of hydrogen-bond acceptors (Lipinski definition) is 7. The number of carboxylic acids is 1. The largest absolute Gasteiger partial charge is 0.549 e. The van der Waals surface area contributed by atoms with Gasteiger partial charge in [-0.2, -0.15) is 5.10 Å². The van der Waals surface area contributed by atoms with Crippen molar-refractivity contribution in [2.45, 2.75) is 11.7 Å². The van der Waals surface area contributed by atoms with Gasteiger partial charge in [0.05, 0.1) is 23.7 Å². The number of aliphatic carboxylic acids is 1. The average molecular weight is 266 g/mol. The summed E-state index contributed by atoms with van der Waals surface area (Å²) in [4.78, 5) is 21.9. The Morgan fingerprint density at radius 3 is 3.17 bits per heavy atom. The van der Waals surface area contributed by atoms with Crippen molar-refractivity contribution >= 4 is 35.0 Å². The van der Waals surface area contributed by atoms with E-state index in [9.17, 15) is 14.7 Å². The molecule has 0 radical (unpaired) electrons. The Hall–Kier alpha value is -2.09. The molecule has 2 rings (SSSR count). The molecule has 0 aromatic carbocycles. The molecule has 1 N–H and O–H groups in total. The minimum absolute atomic E-state index is 0.128. The summed E-state index contributed by atoms with van der Waals surface area (Å²) in [7, 11) is 0. The first kappa shape index (κ1) is 12.4. The first-order chi connectivity index (χ1) is 8.65. The van der Waals surface area contributed by atoms with Gasteiger partial charge in [-0.3, -0.25) is 4.79 Å². The van der Waals surface area contributed by atoms with E-state index in [0.717, 1.165) is 11.8 Å². The van der Waals surface area contributed by atoms with Gasteiger partial charge in [0.1, 0.15) is 5.76 Å². The van der Waals surface area contributed by atoms with Crippen LogP contribution in [0.1, 0.15) is 12.2 Å². The number of nitrogens with one attached hydrogen (secondary N) is 1. The van der Waals surface area contributed by atoms with E-state index >= 15 is 0 Å². The third-order valence-corrected chi connectivity index (χ3v) is 3.06. The van der Waals surface area contributed by atoms with E-state index in [0.29, 0.717) is 5.76 Å². The number of nitrogens with zero attached hydrogens (tertiary/aromatic N) is 2. The molecule has 1 fully saturated rings. The standard InChI is InChI=1S/C10H9N3O4S/c14-8-4-7(9(15)16)18-10(12-8)13-11-5-6-2-1-3-17-6/h1-3,5,7H,4H2,(H,15,16)(H,12,13,14)/p-1/b11-5+/t7-/m1/s1. The molecule has 1 saturated heterocycles. The Bertz CT molecular complexity index is 509. The van der Waals surface area contributed by atoms with Crippen molar-refractivity contribution in [3.05, 3.63) is 24.2 Å². The summed E-state index contributed by atoms with van der Waals surface area (Å²) < 4.78 is 4.99. The van der Waals surface area contributed by atoms with Gasteiger partial charge >= 0.3 is 0 Å². The molecule has 1 aliphatic rings. The minimum Gasteiger partial charge on any atom is -0.549 e. The molecular formula is C10H8N3O4S-. The topological polar surface area (TPSA) is 107 Å². The van der Waals surface area contributed by atoms with Crippen molar-refractivity contribution in [2.75, 3.05) is 0 Å². The summed E-state index contributed by atoms with van der Waals surface area (Å²) >= 11 is 0.892. The van der Waals surface area contributed by atoms with Crippen molar-refractivity contribution in [3.63, 3.8) is 0 Å². The van der Waals surface area contributed by atoms with Crippen LogP contribution in [0.15, 0.2) is 33.0 Å². The smallest absolute Gasteiger partial charge is 0.227 e. The van der Waals surface area contributed by atoms with Crippen LogP contribution in [-0.2, 0) is 9.59 Å². The highest BCUT2D eigenvalue weighted by atomic mass is 32.2. The van der Waals surface area contributed by atoms with Gasteiger partial charge in [0.2, 0.25) is 5.91 Å². The van der Waals surface area contributed by atoms with Gasteiger partial charge in [0.25, 0.3) is 0 Å². The molecule has 18 heavy (non-hydrogen) atoms. The second-order valence-electron chi connectivity index (χ2n) is 3.34. The number of thioether (sulfide) groups is 1. The highest BCUT2D eigenvalue weighted by Crippen LogP contribution is 2.19. The molecule has 1 amide bonds. The summed E-state index contributed by atoms with van der Waals surface area (Å²) in [6, 6.07) is 3.37. The molecule has 1 aliphatic heterocycles. The third kappa shape index (κ3) is 3.20. The van der Waals surface area contributed by atoms with E-state index in [-0.39, 0.29) is 11.6 Å². The number of amidine groups is 1. The zero-order valence-corrected chi connectivity index (χ0v) is 9.85. The van der Waals surface area contributed by atoms with Gasteiger partial charge in [-0.25, -0.2) is 0 Å². The van der Waals surface area contributed by atoms with Crippen molar-refractivity contribution < 1.29 is 19.1 Å². The fourth-order valence-corrected chi connectivity index (χ4v) is 2.09. The van der Waals surface area contributed by atoms with Gasteiger partial charge < -0.3 is 19.6 Å². The Morgan fingerprint density at radius 2 is 2.50 bits per heavy atom. The van der Waals surface area contributed by atoms with E-state index in [4.69, 9.17) is 4.42 Å². The molecule has 0 saturated carbocycles. The normalized spacial score (nSPS) is 22.3. The van der Waals surface area contributed by atoms with Crippen LogP contribution >= 0.6 is 11.8 Å². The molecular weight excluding hydrogens is 258 g/mol. The van der Waals surface area contributed by atoms with E-state index in [1.807, 2.05) is 0 Å². The Labute approximate surface area is 106 Å². The molecule has 2 heterocycles. The maximum Gasteiger partial charge on any atom is 0.227 e. The molecule has 0 aliphatic carbocycles. The summed E-state index contributed by atoms with van der Waals surface area (Å²) in [6.07, 6.45) is 2.70. The fourth-order valence-electron chi connectivity index (χ4n) is 1.23. The number of hydrogen-bond donors (Lipinski definition) is 1. The van der Waals surface area contributed by atoms with Gasteiger partial charge in [-0.1, -0.05) is 11.8 Å². The first-order valence-electron chi connectivity index (χ1n) is 4.97. The quantitative estimate of drug-likeness (QED) is 0.577. The highest BCUT2D eigenvalue weighted by Gasteiger charge is 2.25. The third-order valence-electron chi connectivity index (χ3n) is 2.01. The van der Waals surface area contributed by atoms with Crippen LogP contribution in [0.5, 0.6) is 0 Å². The molecule has 8 heteroatoms. The van der Waals surface area contributed by atoms with Crippen LogP contribution in [0.2, 0.25) is 0 Å². The first-order valence-corrected chi connectivity index (χ1v) is 5.85. The number of amides is 1. The van der Waals surface area contributed by atoms with Crippen LogP contribution in [0, 0.1) is 0 Å². The monoisotopic (exact) mass is 266 g/mol. The van der Waals surface area contributed by atoms with Crippen molar-refractivity contribution in [2.24, 2.45) is 10.2 Å². The van der Waals surface area contributed by atoms with Gasteiger partial charge in [-0.05, 0) is 12.1 Å². The SMILES string of the molecule is O=C1C[C@H](C(=O)[O-])S/C(=N/N=C/c2ccco2)N1. The molecule has 0 bridgehead atoms. The van der Waals surface area contributed by atoms with Gasteiger partial charge in [-0.15, -0.1) is 5.10 Å². The second-order valence-corrected chi connectivity index (χ2v) is 4.53. The van der Waals surface area contributed by atoms with Crippen LogP contribution in [0.3, 0.4) is 0 Å². The van der Waals surface area contributed by atoms with E-state index < -0.39 is 17.1 Å². The predicted molar refractivity (Wildman–Crippen MR) is 62.9 cm³/mol. The zero-order chi connectivity index (χ0) is 13.0. The van der Waals surface area contributed by atoms with E-state index in [1.165, 1.54) is 12.5 Å². The lowest BCUT2D eigenvalue weighted by Gasteiger charge is -2.22. The lowest BCUT2D eigenvalue weighted by molar-refractivity contribution is -0.304. The molecule has 7 nitrogen and oxygen atoms in total. The molecule has 0 unspecified atom stereocenters. The van der Waals surface area contributed by atoms with Crippen LogP contribution in [0.25, 0.3) is 0 Å². The highest BCUT2D eigenvalue weighted by molar-refractivity contribution is 8.15. The molecule has 1 aromatic heterocycles. The number of furan rings is 1. The molecule has 0 spiro atoms. The van der Waals surface area contributed by atoms with Gasteiger partial charge in [0.15, 0.2) is 5.17 Å². The molecule has 1 aromatic rings. The van der Waals surface area contributed by atoms with Crippen LogP contribution in [0.4, 0.5) is 0 Å². The summed E-state index contributed by atoms with van der Waals surface area (Å²) in [6.45, 7) is 0. The Morgan fingerprint density at radius 1 is 1.67 bits per heavy atom. The van der Waals surface area contributed by atoms with Gasteiger partial charge in [0, 0.05) is 6.42 Å². The average Bonchev–Trinajstić information content (AvgIpc) is 2.81. The van der Waals surface area contributed by atoms with Crippen molar-refractivity contribution in [1.82, 2.24) is 5.32 Å².